The first-order valence-corrected chi connectivity index (χ1v) is 7.86. The summed E-state index contributed by atoms with van der Waals surface area (Å²) in [6.45, 7) is 4.65. The van der Waals surface area contributed by atoms with Crippen LogP contribution in [0.2, 0.25) is 0 Å². The minimum absolute atomic E-state index is 0.00684. The Morgan fingerprint density at radius 1 is 1.39 bits per heavy atom. The van der Waals surface area contributed by atoms with Crippen molar-refractivity contribution in [3.63, 3.8) is 0 Å². The average molecular weight is 318 g/mol. The normalized spacial score (nSPS) is 23.0. The van der Waals surface area contributed by atoms with Gasteiger partial charge in [0.2, 0.25) is 5.91 Å². The molecule has 2 amide bonds. The summed E-state index contributed by atoms with van der Waals surface area (Å²) in [7, 11) is 1.74. The van der Waals surface area contributed by atoms with Gasteiger partial charge in [0.25, 0.3) is 5.91 Å². The highest BCUT2D eigenvalue weighted by atomic mass is 16.5. The Morgan fingerprint density at radius 2 is 2.17 bits per heavy atom. The molecule has 0 unspecified atom stereocenters. The highest BCUT2D eigenvalue weighted by molar-refractivity contribution is 6.00. The van der Waals surface area contributed by atoms with Crippen molar-refractivity contribution in [2.24, 2.45) is 5.41 Å². The highest BCUT2D eigenvalue weighted by Crippen LogP contribution is 2.37. The Balaban J connectivity index is 1.81. The molecule has 1 N–H and O–H groups in total. The van der Waals surface area contributed by atoms with E-state index in [0.29, 0.717) is 30.3 Å². The third-order valence-corrected chi connectivity index (χ3v) is 4.28. The zero-order chi connectivity index (χ0) is 16.6. The fourth-order valence-electron chi connectivity index (χ4n) is 2.88. The molecule has 1 saturated heterocycles. The smallest absolute Gasteiger partial charge is 0.253 e. The Bertz CT molecular complexity index is 635. The molecule has 0 spiro atoms. The van der Waals surface area contributed by atoms with E-state index in [1.807, 2.05) is 13.8 Å². The summed E-state index contributed by atoms with van der Waals surface area (Å²) in [6.07, 6.45) is 1.28. The molecular weight excluding hydrogens is 296 g/mol. The van der Waals surface area contributed by atoms with Crippen LogP contribution in [0.15, 0.2) is 18.2 Å². The van der Waals surface area contributed by atoms with Crippen LogP contribution in [-0.2, 0) is 14.3 Å². The standard InChI is InChI=1S/C17H22N2O4/c1-17(2)10-23-14-9-11(6-7-12(14)19(3)16(17)21)18-15(20)13-5-4-8-22-13/h6-7,9,13H,4-5,8,10H2,1-3H3,(H,18,20)/t13-/m1/s1. The molecule has 6 heteroatoms. The molecular formula is C17H22N2O4. The van der Waals surface area contributed by atoms with Crippen LogP contribution in [0.3, 0.4) is 0 Å². The summed E-state index contributed by atoms with van der Waals surface area (Å²) < 4.78 is 11.2. The minimum Gasteiger partial charge on any atom is -0.490 e. The van der Waals surface area contributed by atoms with Crippen molar-refractivity contribution >= 4 is 23.2 Å². The summed E-state index contributed by atoms with van der Waals surface area (Å²) in [4.78, 5) is 26.2. The van der Waals surface area contributed by atoms with Gasteiger partial charge in [-0.2, -0.15) is 0 Å². The number of anilines is 2. The Morgan fingerprint density at radius 3 is 2.87 bits per heavy atom. The lowest BCUT2D eigenvalue weighted by molar-refractivity contribution is -0.127. The van der Waals surface area contributed by atoms with E-state index < -0.39 is 5.41 Å². The molecule has 1 aromatic carbocycles. The van der Waals surface area contributed by atoms with Gasteiger partial charge in [-0.15, -0.1) is 0 Å². The SMILES string of the molecule is CN1C(=O)C(C)(C)COc2cc(NC(=O)[C@H]3CCCO3)ccc21. The summed E-state index contributed by atoms with van der Waals surface area (Å²) in [5.74, 6) is 0.463. The highest BCUT2D eigenvalue weighted by Gasteiger charge is 2.36. The lowest BCUT2D eigenvalue weighted by Crippen LogP contribution is -2.39. The molecule has 2 aliphatic heterocycles. The Hall–Kier alpha value is -2.08. The summed E-state index contributed by atoms with van der Waals surface area (Å²) in [5.41, 5.74) is 0.759. The minimum atomic E-state index is -0.588. The van der Waals surface area contributed by atoms with E-state index in [9.17, 15) is 9.59 Å². The molecule has 2 aliphatic rings. The first kappa shape index (κ1) is 15.8. The fraction of sp³-hybridized carbons (Fsp3) is 0.529. The summed E-state index contributed by atoms with van der Waals surface area (Å²) in [5, 5.41) is 2.85. The van der Waals surface area contributed by atoms with Crippen LogP contribution < -0.4 is 15.0 Å². The van der Waals surface area contributed by atoms with Gasteiger partial charge in [0.1, 0.15) is 18.5 Å². The average Bonchev–Trinajstić information content (AvgIpc) is 3.03. The maximum Gasteiger partial charge on any atom is 0.253 e. The molecule has 23 heavy (non-hydrogen) atoms. The van der Waals surface area contributed by atoms with Crippen LogP contribution in [0, 0.1) is 5.41 Å². The lowest BCUT2D eigenvalue weighted by Gasteiger charge is -2.24. The van der Waals surface area contributed by atoms with Crippen molar-refractivity contribution in [2.75, 3.05) is 30.5 Å². The van der Waals surface area contributed by atoms with Gasteiger partial charge < -0.3 is 19.7 Å². The molecule has 0 aromatic heterocycles. The van der Waals surface area contributed by atoms with E-state index in [1.54, 1.807) is 30.1 Å². The topological polar surface area (TPSA) is 67.9 Å². The van der Waals surface area contributed by atoms with Crippen LogP contribution in [0.4, 0.5) is 11.4 Å². The van der Waals surface area contributed by atoms with Gasteiger partial charge in [0.15, 0.2) is 0 Å². The number of amides is 2. The van der Waals surface area contributed by atoms with Crippen LogP contribution >= 0.6 is 0 Å². The van der Waals surface area contributed by atoms with Gasteiger partial charge in [-0.05, 0) is 38.8 Å². The van der Waals surface area contributed by atoms with Gasteiger partial charge in [-0.3, -0.25) is 9.59 Å². The zero-order valence-electron chi connectivity index (χ0n) is 13.7. The van der Waals surface area contributed by atoms with Crippen LogP contribution in [0.1, 0.15) is 26.7 Å². The molecule has 1 fully saturated rings. The predicted octanol–water partition coefficient (Wildman–Crippen LogP) is 2.19. The third-order valence-electron chi connectivity index (χ3n) is 4.28. The molecule has 2 heterocycles. The first-order valence-electron chi connectivity index (χ1n) is 7.86. The van der Waals surface area contributed by atoms with Crippen molar-refractivity contribution in [1.29, 1.82) is 0 Å². The monoisotopic (exact) mass is 318 g/mol. The molecule has 0 saturated carbocycles. The largest absolute Gasteiger partial charge is 0.490 e. The van der Waals surface area contributed by atoms with Crippen molar-refractivity contribution in [3.05, 3.63) is 18.2 Å². The van der Waals surface area contributed by atoms with E-state index in [2.05, 4.69) is 5.32 Å². The predicted molar refractivity (Wildman–Crippen MR) is 86.7 cm³/mol. The molecule has 0 aliphatic carbocycles. The second-order valence-corrected chi connectivity index (χ2v) is 6.71. The number of carbonyl (C=O) groups is 2. The number of nitrogens with one attached hydrogen (secondary N) is 1. The van der Waals surface area contributed by atoms with E-state index in [4.69, 9.17) is 9.47 Å². The quantitative estimate of drug-likeness (QED) is 0.907. The fourth-order valence-corrected chi connectivity index (χ4v) is 2.88. The van der Waals surface area contributed by atoms with E-state index in [1.165, 1.54) is 0 Å². The lowest BCUT2D eigenvalue weighted by atomic mass is 9.93. The van der Waals surface area contributed by atoms with Crippen LogP contribution in [-0.4, -0.2) is 38.2 Å². The summed E-state index contributed by atoms with van der Waals surface area (Å²) in [6, 6.07) is 5.32. The molecule has 0 bridgehead atoms. The maximum atomic E-state index is 12.4. The van der Waals surface area contributed by atoms with Gasteiger partial charge in [0.05, 0.1) is 11.1 Å². The molecule has 0 radical (unpaired) electrons. The molecule has 1 atom stereocenters. The number of fused-ring (bicyclic) bond motifs is 1. The van der Waals surface area contributed by atoms with Crippen molar-refractivity contribution < 1.29 is 19.1 Å². The van der Waals surface area contributed by atoms with Crippen LogP contribution in [0.25, 0.3) is 0 Å². The molecule has 1 aromatic rings. The van der Waals surface area contributed by atoms with E-state index in [-0.39, 0.29) is 17.9 Å². The van der Waals surface area contributed by atoms with Gasteiger partial charge >= 0.3 is 0 Å². The van der Waals surface area contributed by atoms with Crippen LogP contribution in [0.5, 0.6) is 5.75 Å². The molecule has 3 rings (SSSR count). The Kier molecular flexibility index (Phi) is 4.02. The second kappa shape index (κ2) is 5.85. The van der Waals surface area contributed by atoms with Gasteiger partial charge in [0, 0.05) is 25.4 Å². The number of rotatable bonds is 2. The first-order chi connectivity index (χ1) is 10.9. The van der Waals surface area contributed by atoms with E-state index in [0.717, 1.165) is 12.8 Å². The Labute approximate surface area is 135 Å². The molecule has 124 valence electrons. The molecule has 6 nitrogen and oxygen atoms in total. The summed E-state index contributed by atoms with van der Waals surface area (Å²) >= 11 is 0. The second-order valence-electron chi connectivity index (χ2n) is 6.71. The number of carbonyl (C=O) groups excluding carboxylic acids is 2. The number of ether oxygens (including phenoxy) is 2. The number of nitrogens with zero attached hydrogens (tertiary/aromatic N) is 1. The zero-order valence-corrected chi connectivity index (χ0v) is 13.7. The van der Waals surface area contributed by atoms with Crippen molar-refractivity contribution in [2.45, 2.75) is 32.8 Å². The maximum absolute atomic E-state index is 12.4. The number of hydrogen-bond acceptors (Lipinski definition) is 4. The van der Waals surface area contributed by atoms with Crippen molar-refractivity contribution in [1.82, 2.24) is 0 Å². The number of hydrogen-bond donors (Lipinski definition) is 1. The number of benzene rings is 1. The van der Waals surface area contributed by atoms with Gasteiger partial charge in [-0.25, -0.2) is 0 Å². The van der Waals surface area contributed by atoms with Gasteiger partial charge in [-0.1, -0.05) is 0 Å². The van der Waals surface area contributed by atoms with Crippen molar-refractivity contribution in [3.8, 4) is 5.75 Å². The third kappa shape index (κ3) is 3.03. The van der Waals surface area contributed by atoms with E-state index >= 15 is 0 Å².